The molecule has 0 amide bonds. The van der Waals surface area contributed by atoms with E-state index in [1.54, 1.807) is 0 Å². The van der Waals surface area contributed by atoms with Crippen molar-refractivity contribution in [3.05, 3.63) is 22.4 Å². The highest BCUT2D eigenvalue weighted by Gasteiger charge is 2.24. The van der Waals surface area contributed by atoms with E-state index in [9.17, 15) is 0 Å². The molecule has 1 atom stereocenters. The number of nitrogens with zero attached hydrogens (tertiary/aromatic N) is 3. The van der Waals surface area contributed by atoms with Gasteiger partial charge in [-0.2, -0.15) is 0 Å². The number of guanidine groups is 1. The van der Waals surface area contributed by atoms with Crippen LogP contribution in [0.15, 0.2) is 22.5 Å². The largest absolute Gasteiger partial charge is 0.356 e. The summed E-state index contributed by atoms with van der Waals surface area (Å²) in [5, 5.41) is 9.27. The second kappa shape index (κ2) is 11.8. The Hall–Kier alpha value is -1.11. The van der Waals surface area contributed by atoms with Gasteiger partial charge in [-0.05, 0) is 88.6 Å². The van der Waals surface area contributed by atoms with E-state index in [1.165, 1.54) is 76.1 Å². The number of unbranched alkanes of at least 4 members (excludes halogenated alkanes) is 1. The molecule has 2 aliphatic rings. The Labute approximate surface area is 175 Å². The van der Waals surface area contributed by atoms with E-state index in [2.05, 4.69) is 49.9 Å². The Morgan fingerprint density at radius 3 is 2.64 bits per heavy atom. The van der Waals surface area contributed by atoms with Gasteiger partial charge >= 0.3 is 0 Å². The maximum Gasteiger partial charge on any atom is 0.191 e. The molecule has 1 aromatic heterocycles. The number of thiophene rings is 1. The minimum Gasteiger partial charge on any atom is -0.356 e. The number of likely N-dealkylation sites (tertiary alicyclic amines) is 2. The minimum atomic E-state index is 0.461. The topological polar surface area (TPSA) is 42.9 Å². The van der Waals surface area contributed by atoms with Crippen LogP contribution in [0.5, 0.6) is 0 Å². The third-order valence-corrected chi connectivity index (χ3v) is 7.18. The van der Waals surface area contributed by atoms with Crippen LogP contribution in [0.1, 0.15) is 56.4 Å². The Morgan fingerprint density at radius 1 is 1.18 bits per heavy atom. The standard InChI is InChI=1S/C22H39N5S/c1-19-9-15-26(16-10-19)12-4-3-11-24-22(23-2)25-18-20(21-8-7-17-28-21)27-13-5-6-14-27/h7-8,17,19-20H,3-6,9-16,18H2,1-2H3,(H2,23,24,25). The molecule has 3 heterocycles. The molecule has 1 unspecified atom stereocenters. The molecular formula is C22H39N5S. The molecule has 0 saturated carbocycles. The molecule has 0 bridgehead atoms. The second-order valence-corrected chi connectivity index (χ2v) is 9.36. The summed E-state index contributed by atoms with van der Waals surface area (Å²) in [6, 6.07) is 4.90. The van der Waals surface area contributed by atoms with Crippen LogP contribution in [-0.2, 0) is 0 Å². The summed E-state index contributed by atoms with van der Waals surface area (Å²) in [7, 11) is 1.88. The zero-order valence-electron chi connectivity index (χ0n) is 17.8. The molecule has 3 rings (SSSR count). The first-order valence-electron chi connectivity index (χ1n) is 11.2. The first kappa shape index (κ1) is 21.6. The summed E-state index contributed by atoms with van der Waals surface area (Å²) in [6.07, 6.45) is 7.86. The van der Waals surface area contributed by atoms with Crippen LogP contribution < -0.4 is 10.6 Å². The maximum absolute atomic E-state index is 4.43. The summed E-state index contributed by atoms with van der Waals surface area (Å²) < 4.78 is 0. The van der Waals surface area contributed by atoms with E-state index in [0.29, 0.717) is 6.04 Å². The van der Waals surface area contributed by atoms with Gasteiger partial charge in [-0.3, -0.25) is 9.89 Å². The lowest BCUT2D eigenvalue weighted by Crippen LogP contribution is -2.42. The summed E-state index contributed by atoms with van der Waals surface area (Å²) in [4.78, 5) is 11.1. The highest BCUT2D eigenvalue weighted by atomic mass is 32.1. The molecule has 0 spiro atoms. The lowest BCUT2D eigenvalue weighted by Gasteiger charge is -2.30. The number of piperidine rings is 1. The van der Waals surface area contributed by atoms with Gasteiger partial charge in [-0.1, -0.05) is 13.0 Å². The maximum atomic E-state index is 4.43. The van der Waals surface area contributed by atoms with Crippen molar-refractivity contribution in [2.24, 2.45) is 10.9 Å². The number of hydrogen-bond donors (Lipinski definition) is 2. The highest BCUT2D eigenvalue weighted by Crippen LogP contribution is 2.27. The molecule has 2 aliphatic heterocycles. The van der Waals surface area contributed by atoms with Crippen LogP contribution in [0.2, 0.25) is 0 Å². The molecule has 0 aromatic carbocycles. The molecule has 2 fully saturated rings. The van der Waals surface area contributed by atoms with Crippen LogP contribution in [0.3, 0.4) is 0 Å². The molecular weight excluding hydrogens is 366 g/mol. The van der Waals surface area contributed by atoms with Crippen molar-refractivity contribution >= 4 is 17.3 Å². The first-order chi connectivity index (χ1) is 13.8. The first-order valence-corrected chi connectivity index (χ1v) is 12.1. The van der Waals surface area contributed by atoms with Crippen LogP contribution in [0.25, 0.3) is 0 Å². The minimum absolute atomic E-state index is 0.461. The lowest BCUT2D eigenvalue weighted by molar-refractivity contribution is 0.189. The molecule has 0 aliphatic carbocycles. The van der Waals surface area contributed by atoms with Crippen molar-refractivity contribution in [1.82, 2.24) is 20.4 Å². The molecule has 1 aromatic rings. The molecule has 5 nitrogen and oxygen atoms in total. The molecule has 0 radical (unpaired) electrons. The van der Waals surface area contributed by atoms with E-state index >= 15 is 0 Å². The zero-order valence-corrected chi connectivity index (χ0v) is 18.6. The van der Waals surface area contributed by atoms with E-state index in [-0.39, 0.29) is 0 Å². The van der Waals surface area contributed by atoms with Crippen molar-refractivity contribution in [2.75, 3.05) is 52.9 Å². The predicted molar refractivity (Wildman–Crippen MR) is 121 cm³/mol. The monoisotopic (exact) mass is 405 g/mol. The summed E-state index contributed by atoms with van der Waals surface area (Å²) >= 11 is 1.87. The molecule has 28 heavy (non-hydrogen) atoms. The van der Waals surface area contributed by atoms with E-state index in [4.69, 9.17) is 0 Å². The number of nitrogens with one attached hydrogen (secondary N) is 2. The fourth-order valence-corrected chi connectivity index (χ4v) is 5.17. The molecule has 158 valence electrons. The van der Waals surface area contributed by atoms with Gasteiger partial charge in [0.25, 0.3) is 0 Å². The Balaban J connectivity index is 1.34. The van der Waals surface area contributed by atoms with E-state index in [1.807, 2.05) is 18.4 Å². The van der Waals surface area contributed by atoms with Gasteiger partial charge in [0, 0.05) is 25.0 Å². The molecule has 6 heteroatoms. The highest BCUT2D eigenvalue weighted by molar-refractivity contribution is 7.10. The normalized spacial score (nSPS) is 21.1. The third kappa shape index (κ3) is 6.75. The summed E-state index contributed by atoms with van der Waals surface area (Å²) in [5.41, 5.74) is 0. The van der Waals surface area contributed by atoms with Gasteiger partial charge in [-0.25, -0.2) is 0 Å². The SMILES string of the molecule is CN=C(NCCCCN1CCC(C)CC1)NCC(c1cccs1)N1CCCC1. The predicted octanol–water partition coefficient (Wildman–Crippen LogP) is 3.56. The van der Waals surface area contributed by atoms with Gasteiger partial charge < -0.3 is 15.5 Å². The van der Waals surface area contributed by atoms with Gasteiger partial charge in [0.2, 0.25) is 0 Å². The van der Waals surface area contributed by atoms with E-state index in [0.717, 1.165) is 25.0 Å². The van der Waals surface area contributed by atoms with Crippen molar-refractivity contribution in [1.29, 1.82) is 0 Å². The average Bonchev–Trinajstić information content (AvgIpc) is 3.42. The zero-order chi connectivity index (χ0) is 19.6. The van der Waals surface area contributed by atoms with E-state index < -0.39 is 0 Å². The van der Waals surface area contributed by atoms with Gasteiger partial charge in [0.05, 0.1) is 6.04 Å². The van der Waals surface area contributed by atoms with Gasteiger partial charge in [0.15, 0.2) is 5.96 Å². The van der Waals surface area contributed by atoms with Crippen LogP contribution in [-0.4, -0.2) is 68.6 Å². The Morgan fingerprint density at radius 2 is 1.96 bits per heavy atom. The van der Waals surface area contributed by atoms with Crippen molar-refractivity contribution in [3.8, 4) is 0 Å². The fraction of sp³-hybridized carbons (Fsp3) is 0.773. The van der Waals surface area contributed by atoms with Crippen molar-refractivity contribution in [3.63, 3.8) is 0 Å². The van der Waals surface area contributed by atoms with Crippen LogP contribution in [0.4, 0.5) is 0 Å². The summed E-state index contributed by atoms with van der Waals surface area (Å²) in [5.74, 6) is 1.86. The number of hydrogen-bond acceptors (Lipinski definition) is 4. The molecule has 2 N–H and O–H groups in total. The average molecular weight is 406 g/mol. The number of aliphatic imine (C=N–C) groups is 1. The Bertz CT molecular complexity index is 559. The van der Waals surface area contributed by atoms with Crippen LogP contribution >= 0.6 is 11.3 Å². The van der Waals surface area contributed by atoms with Crippen molar-refractivity contribution < 1.29 is 0 Å². The summed E-state index contributed by atoms with van der Waals surface area (Å²) in [6.45, 7) is 10.6. The van der Waals surface area contributed by atoms with Gasteiger partial charge in [0.1, 0.15) is 0 Å². The Kier molecular flexibility index (Phi) is 9.09. The molecule has 2 saturated heterocycles. The fourth-order valence-electron chi connectivity index (χ4n) is 4.31. The number of rotatable bonds is 9. The van der Waals surface area contributed by atoms with Gasteiger partial charge in [-0.15, -0.1) is 11.3 Å². The third-order valence-electron chi connectivity index (χ3n) is 6.21. The lowest BCUT2D eigenvalue weighted by atomic mass is 9.99. The van der Waals surface area contributed by atoms with Crippen molar-refractivity contribution in [2.45, 2.75) is 51.5 Å². The quantitative estimate of drug-likeness (QED) is 0.374. The smallest absolute Gasteiger partial charge is 0.191 e. The second-order valence-electron chi connectivity index (χ2n) is 8.39. The van der Waals surface area contributed by atoms with Crippen LogP contribution in [0, 0.1) is 5.92 Å².